The van der Waals surface area contributed by atoms with Gasteiger partial charge in [0.1, 0.15) is 0 Å². The summed E-state index contributed by atoms with van der Waals surface area (Å²) in [5, 5.41) is 0.647. The number of hydrogen-bond donors (Lipinski definition) is 3. The monoisotopic (exact) mass is 259 g/mol. The second kappa shape index (κ2) is 6.62. The number of hydrazine groups is 1. The summed E-state index contributed by atoms with van der Waals surface area (Å²) in [7, 11) is 0. The van der Waals surface area contributed by atoms with Crippen LogP contribution in [0.5, 0.6) is 0 Å². The summed E-state index contributed by atoms with van der Waals surface area (Å²) >= 11 is 7.55. The van der Waals surface area contributed by atoms with Crippen molar-refractivity contribution in [3.8, 4) is 0 Å². The Kier molecular flexibility index (Phi) is 5.45. The maximum Gasteiger partial charge on any atom is 0.233 e. The van der Waals surface area contributed by atoms with E-state index in [2.05, 4.69) is 5.43 Å². The fraction of sp³-hybridized carbons (Fsp3) is 0.300. The van der Waals surface area contributed by atoms with E-state index in [0.717, 1.165) is 17.1 Å². The zero-order valence-corrected chi connectivity index (χ0v) is 10.3. The first kappa shape index (κ1) is 13.2. The van der Waals surface area contributed by atoms with Crippen molar-refractivity contribution in [2.24, 2.45) is 5.84 Å². The lowest BCUT2D eigenvalue weighted by molar-refractivity contribution is -0.121. The van der Waals surface area contributed by atoms with E-state index >= 15 is 0 Å². The number of carbonyl (C=O) groups is 1. The molecule has 1 rings (SSSR count). The van der Waals surface area contributed by atoms with Gasteiger partial charge in [0, 0.05) is 17.0 Å². The Balaban J connectivity index is 2.40. The number of nitrogens with one attached hydrogen (secondary N) is 1. The van der Waals surface area contributed by atoms with E-state index in [1.54, 1.807) is 23.9 Å². The third kappa shape index (κ3) is 3.92. The van der Waals surface area contributed by atoms with Crippen LogP contribution in [0.25, 0.3) is 0 Å². The summed E-state index contributed by atoms with van der Waals surface area (Å²) in [4.78, 5) is 11.7. The van der Waals surface area contributed by atoms with Crippen LogP contribution in [-0.2, 0) is 4.79 Å². The summed E-state index contributed by atoms with van der Waals surface area (Å²) in [6, 6.07) is 5.41. The van der Waals surface area contributed by atoms with Crippen LogP contribution in [0.4, 0.5) is 5.69 Å². The summed E-state index contributed by atoms with van der Waals surface area (Å²) in [6.45, 7) is 0. The Bertz CT molecular complexity index is 353. The second-order valence-corrected chi connectivity index (χ2v) is 4.69. The van der Waals surface area contributed by atoms with E-state index in [4.69, 9.17) is 23.2 Å². The lowest BCUT2D eigenvalue weighted by Crippen LogP contribution is -2.29. The third-order valence-electron chi connectivity index (χ3n) is 1.95. The number of thioether (sulfide) groups is 1. The molecular weight excluding hydrogens is 246 g/mol. The number of benzene rings is 1. The Morgan fingerprint density at radius 2 is 2.25 bits per heavy atom. The maximum absolute atomic E-state index is 10.9. The highest BCUT2D eigenvalue weighted by Crippen LogP contribution is 2.32. The first-order valence-corrected chi connectivity index (χ1v) is 6.17. The van der Waals surface area contributed by atoms with E-state index in [1.807, 2.05) is 6.07 Å². The molecule has 0 unspecified atom stereocenters. The van der Waals surface area contributed by atoms with Crippen molar-refractivity contribution in [2.75, 3.05) is 11.5 Å². The Morgan fingerprint density at radius 3 is 2.88 bits per heavy atom. The molecule has 0 atom stereocenters. The number of anilines is 1. The van der Waals surface area contributed by atoms with E-state index in [9.17, 15) is 4.79 Å². The van der Waals surface area contributed by atoms with Crippen molar-refractivity contribution in [1.82, 2.24) is 5.43 Å². The SMILES string of the molecule is NNC(=O)CCCSc1c(N)cccc1Cl. The van der Waals surface area contributed by atoms with Crippen molar-refractivity contribution < 1.29 is 4.79 Å². The molecule has 0 radical (unpaired) electrons. The minimum atomic E-state index is -0.160. The molecule has 0 aromatic heterocycles. The fourth-order valence-electron chi connectivity index (χ4n) is 1.16. The largest absolute Gasteiger partial charge is 0.398 e. The lowest BCUT2D eigenvalue weighted by atomic mass is 10.3. The van der Waals surface area contributed by atoms with Crippen molar-refractivity contribution in [3.05, 3.63) is 23.2 Å². The van der Waals surface area contributed by atoms with Crippen LogP contribution in [-0.4, -0.2) is 11.7 Å². The quantitative estimate of drug-likeness (QED) is 0.188. The molecule has 0 aliphatic heterocycles. The summed E-state index contributed by atoms with van der Waals surface area (Å²) in [5.41, 5.74) is 8.54. The van der Waals surface area contributed by atoms with Gasteiger partial charge in [-0.05, 0) is 24.3 Å². The molecule has 0 saturated carbocycles. The van der Waals surface area contributed by atoms with Gasteiger partial charge in [-0.15, -0.1) is 11.8 Å². The number of hydrogen-bond acceptors (Lipinski definition) is 4. The average molecular weight is 260 g/mol. The molecule has 6 heteroatoms. The molecular formula is C10H14ClN3OS. The number of nitrogen functional groups attached to an aromatic ring is 1. The molecule has 4 nitrogen and oxygen atoms in total. The molecule has 0 aliphatic rings. The van der Waals surface area contributed by atoms with Crippen molar-refractivity contribution >= 4 is 35.0 Å². The van der Waals surface area contributed by atoms with E-state index in [1.165, 1.54) is 0 Å². The first-order valence-electron chi connectivity index (χ1n) is 4.81. The van der Waals surface area contributed by atoms with Gasteiger partial charge < -0.3 is 5.73 Å². The first-order chi connectivity index (χ1) is 7.65. The Labute approximate surface area is 104 Å². The molecule has 88 valence electrons. The molecule has 1 amide bonds. The molecule has 0 heterocycles. The van der Waals surface area contributed by atoms with Crippen LogP contribution in [0.1, 0.15) is 12.8 Å². The Hall–Kier alpha value is -0.910. The van der Waals surface area contributed by atoms with Crippen molar-refractivity contribution in [3.63, 3.8) is 0 Å². The fourth-order valence-corrected chi connectivity index (χ4v) is 2.44. The van der Waals surface area contributed by atoms with Gasteiger partial charge in [-0.3, -0.25) is 10.2 Å². The van der Waals surface area contributed by atoms with Crippen LogP contribution in [0.3, 0.4) is 0 Å². The highest BCUT2D eigenvalue weighted by Gasteiger charge is 2.05. The smallest absolute Gasteiger partial charge is 0.233 e. The van der Waals surface area contributed by atoms with Crippen LogP contribution in [0.2, 0.25) is 5.02 Å². The summed E-state index contributed by atoms with van der Waals surface area (Å²) in [6.07, 6.45) is 1.15. The molecule has 1 aromatic rings. The molecule has 5 N–H and O–H groups in total. The minimum absolute atomic E-state index is 0.160. The van der Waals surface area contributed by atoms with Crippen LogP contribution >= 0.6 is 23.4 Å². The highest BCUT2D eigenvalue weighted by atomic mass is 35.5. The van der Waals surface area contributed by atoms with Crippen LogP contribution in [0, 0.1) is 0 Å². The van der Waals surface area contributed by atoms with Gasteiger partial charge in [0.2, 0.25) is 5.91 Å². The molecule has 0 spiro atoms. The molecule has 0 aliphatic carbocycles. The molecule has 0 fully saturated rings. The van der Waals surface area contributed by atoms with Crippen LogP contribution < -0.4 is 17.0 Å². The standard InChI is InChI=1S/C10H14ClN3OS/c11-7-3-1-4-8(12)10(7)16-6-2-5-9(15)14-13/h1,3-4H,2,5-6,12-13H2,(H,14,15). The number of carbonyl (C=O) groups excluding carboxylic acids is 1. The molecule has 0 bridgehead atoms. The Morgan fingerprint density at radius 1 is 1.50 bits per heavy atom. The van der Waals surface area contributed by atoms with Gasteiger partial charge in [-0.25, -0.2) is 5.84 Å². The van der Waals surface area contributed by atoms with Gasteiger partial charge in [-0.1, -0.05) is 17.7 Å². The maximum atomic E-state index is 10.9. The van der Waals surface area contributed by atoms with E-state index in [-0.39, 0.29) is 5.91 Å². The van der Waals surface area contributed by atoms with Gasteiger partial charge in [-0.2, -0.15) is 0 Å². The number of halogens is 1. The van der Waals surface area contributed by atoms with Crippen LogP contribution in [0.15, 0.2) is 23.1 Å². The molecule has 1 aromatic carbocycles. The minimum Gasteiger partial charge on any atom is -0.398 e. The summed E-state index contributed by atoms with van der Waals surface area (Å²) in [5.74, 6) is 5.59. The van der Waals surface area contributed by atoms with E-state index < -0.39 is 0 Å². The van der Waals surface area contributed by atoms with Gasteiger partial charge in [0.25, 0.3) is 0 Å². The van der Waals surface area contributed by atoms with Gasteiger partial charge >= 0.3 is 0 Å². The predicted molar refractivity (Wildman–Crippen MR) is 68.2 cm³/mol. The normalized spacial score (nSPS) is 10.1. The summed E-state index contributed by atoms with van der Waals surface area (Å²) < 4.78 is 0. The zero-order chi connectivity index (χ0) is 12.0. The van der Waals surface area contributed by atoms with Gasteiger partial charge in [0.15, 0.2) is 0 Å². The van der Waals surface area contributed by atoms with E-state index in [0.29, 0.717) is 17.1 Å². The van der Waals surface area contributed by atoms with Crippen molar-refractivity contribution in [1.29, 1.82) is 0 Å². The number of amides is 1. The zero-order valence-electron chi connectivity index (χ0n) is 8.70. The van der Waals surface area contributed by atoms with Crippen molar-refractivity contribution in [2.45, 2.75) is 17.7 Å². The molecule has 0 saturated heterocycles. The second-order valence-electron chi connectivity index (χ2n) is 3.18. The highest BCUT2D eigenvalue weighted by molar-refractivity contribution is 7.99. The predicted octanol–water partition coefficient (Wildman–Crippen LogP) is 1.78. The number of nitrogens with two attached hydrogens (primary N) is 2. The molecule has 16 heavy (non-hydrogen) atoms. The lowest BCUT2D eigenvalue weighted by Gasteiger charge is -2.06. The average Bonchev–Trinajstić information content (AvgIpc) is 2.27. The number of rotatable bonds is 5. The van der Waals surface area contributed by atoms with Gasteiger partial charge in [0.05, 0.1) is 5.02 Å². The topological polar surface area (TPSA) is 81.1 Å². The third-order valence-corrected chi connectivity index (χ3v) is 3.62.